The van der Waals surface area contributed by atoms with Gasteiger partial charge in [0, 0.05) is 24.6 Å². The van der Waals surface area contributed by atoms with E-state index >= 15 is 0 Å². The van der Waals surface area contributed by atoms with E-state index in [9.17, 15) is 4.79 Å². The second-order valence-electron chi connectivity index (χ2n) is 5.98. The summed E-state index contributed by atoms with van der Waals surface area (Å²) in [5.74, 6) is 1.31. The number of carbonyl (C=O) groups is 1. The molecule has 0 spiro atoms. The third-order valence-corrected chi connectivity index (χ3v) is 5.12. The highest BCUT2D eigenvalue weighted by atomic mass is 32.1. The Kier molecular flexibility index (Phi) is 3.90. The van der Waals surface area contributed by atoms with E-state index in [0.29, 0.717) is 11.5 Å². The van der Waals surface area contributed by atoms with E-state index in [1.807, 2.05) is 35.2 Å². The van der Waals surface area contributed by atoms with Crippen molar-refractivity contribution < 1.29 is 9.53 Å². The molecule has 1 aromatic heterocycles. The monoisotopic (exact) mass is 339 g/mol. The third kappa shape index (κ3) is 2.73. The molecular formula is C18H17N3O2S. The Labute approximate surface area is 144 Å². The molecule has 0 radical (unpaired) electrons. The topological polar surface area (TPSA) is 55.3 Å². The Hall–Kier alpha value is -2.47. The number of aromatic nitrogens is 2. The lowest BCUT2D eigenvalue weighted by Gasteiger charge is -2.17. The Morgan fingerprint density at radius 1 is 1.17 bits per heavy atom. The van der Waals surface area contributed by atoms with Gasteiger partial charge in [-0.3, -0.25) is 4.79 Å². The summed E-state index contributed by atoms with van der Waals surface area (Å²) in [5, 5.41) is 0. The maximum atomic E-state index is 12.8. The number of hydrogen-bond donors (Lipinski definition) is 0. The summed E-state index contributed by atoms with van der Waals surface area (Å²) in [7, 11) is 1.67. The van der Waals surface area contributed by atoms with Gasteiger partial charge in [-0.05, 0) is 42.3 Å². The highest BCUT2D eigenvalue weighted by molar-refractivity contribution is 7.00. The molecule has 1 aliphatic rings. The van der Waals surface area contributed by atoms with Gasteiger partial charge in [-0.15, -0.1) is 0 Å². The molecule has 2 heterocycles. The van der Waals surface area contributed by atoms with Crippen molar-refractivity contribution in [1.29, 1.82) is 0 Å². The SMILES string of the molecule is COc1ccc([C@H]2CCN(C(=O)c3ccc4nsnc4c3)C2)cc1. The number of amides is 1. The first-order chi connectivity index (χ1) is 11.7. The van der Waals surface area contributed by atoms with Gasteiger partial charge >= 0.3 is 0 Å². The first kappa shape index (κ1) is 15.1. The number of rotatable bonds is 3. The second-order valence-corrected chi connectivity index (χ2v) is 6.51. The predicted octanol–water partition coefficient (Wildman–Crippen LogP) is 3.33. The first-order valence-electron chi connectivity index (χ1n) is 7.90. The van der Waals surface area contributed by atoms with Crippen molar-refractivity contribution in [2.24, 2.45) is 0 Å². The van der Waals surface area contributed by atoms with E-state index in [-0.39, 0.29) is 5.91 Å². The minimum Gasteiger partial charge on any atom is -0.497 e. The molecule has 24 heavy (non-hydrogen) atoms. The zero-order chi connectivity index (χ0) is 16.5. The van der Waals surface area contributed by atoms with E-state index in [4.69, 9.17) is 4.74 Å². The fraction of sp³-hybridized carbons (Fsp3) is 0.278. The quantitative estimate of drug-likeness (QED) is 0.734. The summed E-state index contributed by atoms with van der Waals surface area (Å²) >= 11 is 1.17. The molecule has 1 saturated heterocycles. The van der Waals surface area contributed by atoms with Crippen molar-refractivity contribution in [3.05, 3.63) is 53.6 Å². The fourth-order valence-electron chi connectivity index (χ4n) is 3.19. The molecule has 122 valence electrons. The molecule has 6 heteroatoms. The van der Waals surface area contributed by atoms with E-state index in [0.717, 1.165) is 36.3 Å². The van der Waals surface area contributed by atoms with Gasteiger partial charge in [-0.25, -0.2) is 0 Å². The Bertz CT molecular complexity index is 875. The van der Waals surface area contributed by atoms with Gasteiger partial charge < -0.3 is 9.64 Å². The first-order valence-corrected chi connectivity index (χ1v) is 8.63. The number of carbonyl (C=O) groups excluding carboxylic acids is 1. The molecule has 3 aromatic rings. The standard InChI is InChI=1S/C18H17N3O2S/c1-23-15-5-2-12(3-6-15)14-8-9-21(11-14)18(22)13-4-7-16-17(10-13)20-24-19-16/h2-7,10,14H,8-9,11H2,1H3/t14-/m0/s1. The zero-order valence-electron chi connectivity index (χ0n) is 13.3. The highest BCUT2D eigenvalue weighted by Crippen LogP contribution is 2.29. The maximum absolute atomic E-state index is 12.8. The van der Waals surface area contributed by atoms with Crippen LogP contribution in [-0.4, -0.2) is 39.8 Å². The molecule has 1 fully saturated rings. The third-order valence-electron chi connectivity index (χ3n) is 4.56. The van der Waals surface area contributed by atoms with Crippen LogP contribution in [0.1, 0.15) is 28.3 Å². The van der Waals surface area contributed by atoms with Crippen LogP contribution >= 0.6 is 11.7 Å². The minimum atomic E-state index is 0.0703. The summed E-state index contributed by atoms with van der Waals surface area (Å²) in [6.07, 6.45) is 0.985. The van der Waals surface area contributed by atoms with Crippen LogP contribution in [-0.2, 0) is 0 Å². The number of likely N-dealkylation sites (tertiary alicyclic amines) is 1. The number of hydrogen-bond acceptors (Lipinski definition) is 5. The van der Waals surface area contributed by atoms with Crippen molar-refractivity contribution in [3.63, 3.8) is 0 Å². The molecular weight excluding hydrogens is 322 g/mol. The number of methoxy groups -OCH3 is 1. The molecule has 0 unspecified atom stereocenters. The molecule has 0 bridgehead atoms. The Morgan fingerprint density at radius 2 is 1.96 bits per heavy atom. The molecule has 0 saturated carbocycles. The van der Waals surface area contributed by atoms with Crippen LogP contribution in [0.2, 0.25) is 0 Å². The maximum Gasteiger partial charge on any atom is 0.253 e. The highest BCUT2D eigenvalue weighted by Gasteiger charge is 2.28. The molecule has 0 N–H and O–H groups in total. The van der Waals surface area contributed by atoms with Crippen molar-refractivity contribution in [2.75, 3.05) is 20.2 Å². The van der Waals surface area contributed by atoms with Crippen molar-refractivity contribution in [3.8, 4) is 5.75 Å². The summed E-state index contributed by atoms with van der Waals surface area (Å²) in [5.41, 5.74) is 3.57. The van der Waals surface area contributed by atoms with Gasteiger partial charge in [0.15, 0.2) is 0 Å². The summed E-state index contributed by atoms with van der Waals surface area (Å²) in [6.45, 7) is 1.53. The molecule has 1 aliphatic heterocycles. The van der Waals surface area contributed by atoms with E-state index < -0.39 is 0 Å². The van der Waals surface area contributed by atoms with Crippen molar-refractivity contribution >= 4 is 28.7 Å². The minimum absolute atomic E-state index is 0.0703. The fourth-order valence-corrected chi connectivity index (χ4v) is 3.71. The molecule has 1 atom stereocenters. The Balaban J connectivity index is 1.49. The van der Waals surface area contributed by atoms with Crippen LogP contribution in [0.25, 0.3) is 11.0 Å². The van der Waals surface area contributed by atoms with Gasteiger partial charge in [0.05, 0.1) is 18.8 Å². The normalized spacial score (nSPS) is 17.4. The summed E-state index contributed by atoms with van der Waals surface area (Å²) in [6, 6.07) is 13.7. The molecule has 4 rings (SSSR count). The largest absolute Gasteiger partial charge is 0.497 e. The number of nitrogens with zero attached hydrogens (tertiary/aromatic N) is 3. The molecule has 0 aliphatic carbocycles. The van der Waals surface area contributed by atoms with Crippen LogP contribution in [0.4, 0.5) is 0 Å². The average molecular weight is 339 g/mol. The lowest BCUT2D eigenvalue weighted by atomic mass is 9.98. The number of benzene rings is 2. The van der Waals surface area contributed by atoms with E-state index in [2.05, 4.69) is 20.9 Å². The summed E-state index contributed by atoms with van der Waals surface area (Å²) < 4.78 is 13.6. The number of fused-ring (bicyclic) bond motifs is 1. The van der Waals surface area contributed by atoms with Crippen LogP contribution in [0.15, 0.2) is 42.5 Å². The Morgan fingerprint density at radius 3 is 2.75 bits per heavy atom. The zero-order valence-corrected chi connectivity index (χ0v) is 14.1. The van der Waals surface area contributed by atoms with E-state index in [1.165, 1.54) is 17.3 Å². The van der Waals surface area contributed by atoms with Crippen LogP contribution < -0.4 is 4.74 Å². The van der Waals surface area contributed by atoms with Gasteiger partial charge in [0.25, 0.3) is 5.91 Å². The van der Waals surface area contributed by atoms with Crippen molar-refractivity contribution in [1.82, 2.24) is 13.6 Å². The average Bonchev–Trinajstić information content (AvgIpc) is 3.30. The molecule has 5 nitrogen and oxygen atoms in total. The smallest absolute Gasteiger partial charge is 0.253 e. The van der Waals surface area contributed by atoms with E-state index in [1.54, 1.807) is 7.11 Å². The van der Waals surface area contributed by atoms with Gasteiger partial charge in [-0.2, -0.15) is 8.75 Å². The summed E-state index contributed by atoms with van der Waals surface area (Å²) in [4.78, 5) is 14.7. The molecule has 2 aromatic carbocycles. The number of ether oxygens (including phenoxy) is 1. The lowest BCUT2D eigenvalue weighted by Crippen LogP contribution is -2.28. The second kappa shape index (κ2) is 6.20. The van der Waals surface area contributed by atoms with Crippen LogP contribution in [0.3, 0.4) is 0 Å². The van der Waals surface area contributed by atoms with Crippen molar-refractivity contribution in [2.45, 2.75) is 12.3 Å². The lowest BCUT2D eigenvalue weighted by molar-refractivity contribution is 0.0791. The van der Waals surface area contributed by atoms with Gasteiger partial charge in [0.2, 0.25) is 0 Å². The van der Waals surface area contributed by atoms with Gasteiger partial charge in [-0.1, -0.05) is 12.1 Å². The van der Waals surface area contributed by atoms with Crippen LogP contribution in [0.5, 0.6) is 5.75 Å². The molecule has 1 amide bonds. The van der Waals surface area contributed by atoms with Crippen LogP contribution in [0, 0.1) is 0 Å². The van der Waals surface area contributed by atoms with Gasteiger partial charge in [0.1, 0.15) is 16.8 Å². The predicted molar refractivity (Wildman–Crippen MR) is 93.7 cm³/mol.